The summed E-state index contributed by atoms with van der Waals surface area (Å²) in [5.41, 5.74) is 3.08. The maximum Gasteiger partial charge on any atom is 0.240 e. The molecule has 2 heterocycles. The molecule has 0 fully saturated rings. The largest absolute Gasteiger partial charge is 0.343 e. The van der Waals surface area contributed by atoms with Crippen LogP contribution in [0, 0.1) is 5.82 Å². The van der Waals surface area contributed by atoms with Crippen LogP contribution >= 0.6 is 0 Å². The second-order valence-corrected chi connectivity index (χ2v) is 7.71. The van der Waals surface area contributed by atoms with Crippen LogP contribution in [0.25, 0.3) is 11.0 Å². The zero-order valence-electron chi connectivity index (χ0n) is 12.8. The quantitative estimate of drug-likeness (QED) is 0.766. The standard InChI is InChI=1S/C17H16FN3O2S/c18-11-3-6-13(7-4-11)24(22,23)21-12-5-8-16-15(10-12)14-2-1-9-19-17(14)20-16/h1-4,6-7,9,12,21H,5,8,10H2,(H,19,20). The summed E-state index contributed by atoms with van der Waals surface area (Å²) in [6, 6.07) is 8.55. The minimum absolute atomic E-state index is 0.0790. The minimum atomic E-state index is -3.66. The summed E-state index contributed by atoms with van der Waals surface area (Å²) < 4.78 is 40.7. The summed E-state index contributed by atoms with van der Waals surface area (Å²) in [6.45, 7) is 0. The lowest BCUT2D eigenvalue weighted by atomic mass is 9.92. The number of aromatic nitrogens is 2. The van der Waals surface area contributed by atoms with Crippen molar-refractivity contribution in [3.05, 3.63) is 59.7 Å². The molecular formula is C17H16FN3O2S. The van der Waals surface area contributed by atoms with Gasteiger partial charge in [-0.1, -0.05) is 0 Å². The number of fused-ring (bicyclic) bond motifs is 3. The Kier molecular flexibility index (Phi) is 3.62. The fourth-order valence-corrected chi connectivity index (χ4v) is 4.52. The van der Waals surface area contributed by atoms with Gasteiger partial charge >= 0.3 is 0 Å². The van der Waals surface area contributed by atoms with Crippen molar-refractivity contribution in [3.8, 4) is 0 Å². The maximum absolute atomic E-state index is 13.0. The molecule has 0 spiro atoms. The van der Waals surface area contributed by atoms with Gasteiger partial charge in [-0.2, -0.15) is 0 Å². The number of benzene rings is 1. The third-order valence-electron chi connectivity index (χ3n) is 4.41. The van der Waals surface area contributed by atoms with Crippen LogP contribution in [0.2, 0.25) is 0 Å². The molecule has 5 nitrogen and oxygen atoms in total. The van der Waals surface area contributed by atoms with Gasteiger partial charge in [0.1, 0.15) is 11.5 Å². The van der Waals surface area contributed by atoms with E-state index in [1.54, 1.807) is 6.20 Å². The first-order valence-electron chi connectivity index (χ1n) is 7.75. The highest BCUT2D eigenvalue weighted by Crippen LogP contribution is 2.28. The summed E-state index contributed by atoms with van der Waals surface area (Å²) in [7, 11) is -3.66. The molecule has 1 aromatic carbocycles. The predicted octanol–water partition coefficient (Wildman–Crippen LogP) is 2.54. The first-order chi connectivity index (χ1) is 11.5. The first-order valence-corrected chi connectivity index (χ1v) is 9.23. The Labute approximate surface area is 139 Å². The highest BCUT2D eigenvalue weighted by Gasteiger charge is 2.26. The van der Waals surface area contributed by atoms with E-state index in [2.05, 4.69) is 14.7 Å². The van der Waals surface area contributed by atoms with Crippen LogP contribution in [0.3, 0.4) is 0 Å². The van der Waals surface area contributed by atoms with Gasteiger partial charge < -0.3 is 4.98 Å². The van der Waals surface area contributed by atoms with Crippen molar-refractivity contribution in [2.24, 2.45) is 0 Å². The molecule has 24 heavy (non-hydrogen) atoms. The summed E-state index contributed by atoms with van der Waals surface area (Å²) >= 11 is 0. The molecule has 0 bridgehead atoms. The highest BCUT2D eigenvalue weighted by atomic mass is 32.2. The summed E-state index contributed by atoms with van der Waals surface area (Å²) in [6.07, 6.45) is 3.82. The van der Waals surface area contributed by atoms with E-state index in [9.17, 15) is 12.8 Å². The highest BCUT2D eigenvalue weighted by molar-refractivity contribution is 7.89. The third-order valence-corrected chi connectivity index (χ3v) is 5.94. The van der Waals surface area contributed by atoms with Gasteiger partial charge in [-0.3, -0.25) is 0 Å². The number of hydrogen-bond donors (Lipinski definition) is 2. The molecule has 1 unspecified atom stereocenters. The summed E-state index contributed by atoms with van der Waals surface area (Å²) in [4.78, 5) is 7.70. The Bertz CT molecular complexity index is 996. The molecular weight excluding hydrogens is 329 g/mol. The first kappa shape index (κ1) is 15.3. The van der Waals surface area contributed by atoms with Crippen LogP contribution in [0.1, 0.15) is 17.7 Å². The second-order valence-electron chi connectivity index (χ2n) is 6.00. The molecule has 1 aliphatic carbocycles. The molecule has 0 amide bonds. The average Bonchev–Trinajstić information content (AvgIpc) is 2.93. The van der Waals surface area contributed by atoms with Crippen molar-refractivity contribution in [2.45, 2.75) is 30.2 Å². The van der Waals surface area contributed by atoms with E-state index in [0.717, 1.165) is 40.8 Å². The normalized spacial score (nSPS) is 17.8. The number of halogens is 1. The SMILES string of the molecule is O=S(=O)(NC1CCc2[nH]c3ncccc3c2C1)c1ccc(F)cc1. The van der Waals surface area contributed by atoms with Gasteiger partial charge in [0.2, 0.25) is 10.0 Å². The third kappa shape index (κ3) is 2.70. The minimum Gasteiger partial charge on any atom is -0.343 e. The van der Waals surface area contributed by atoms with Gasteiger partial charge in [0.25, 0.3) is 0 Å². The van der Waals surface area contributed by atoms with Gasteiger partial charge in [0.15, 0.2) is 0 Å². The Morgan fingerprint density at radius 2 is 2.00 bits per heavy atom. The second kappa shape index (κ2) is 5.68. The average molecular weight is 345 g/mol. The van der Waals surface area contributed by atoms with E-state index in [1.807, 2.05) is 12.1 Å². The lowest BCUT2D eigenvalue weighted by molar-refractivity contribution is 0.506. The van der Waals surface area contributed by atoms with Crippen LogP contribution in [-0.4, -0.2) is 24.4 Å². The number of pyridine rings is 1. The number of rotatable bonds is 3. The van der Waals surface area contributed by atoms with Crippen molar-refractivity contribution >= 4 is 21.1 Å². The zero-order valence-corrected chi connectivity index (χ0v) is 13.6. The molecule has 4 rings (SSSR count). The van der Waals surface area contributed by atoms with Crippen LogP contribution < -0.4 is 4.72 Å². The fourth-order valence-electron chi connectivity index (χ4n) is 3.24. The van der Waals surface area contributed by atoms with Crippen molar-refractivity contribution in [1.29, 1.82) is 0 Å². The number of aryl methyl sites for hydroxylation is 1. The number of nitrogens with zero attached hydrogens (tertiary/aromatic N) is 1. The van der Waals surface area contributed by atoms with E-state index in [0.29, 0.717) is 12.8 Å². The molecule has 0 radical (unpaired) electrons. The summed E-state index contributed by atoms with van der Waals surface area (Å²) in [5.74, 6) is -0.456. The Balaban J connectivity index is 1.59. The molecule has 0 aliphatic heterocycles. The van der Waals surface area contributed by atoms with Gasteiger partial charge in [0, 0.05) is 23.3 Å². The van der Waals surface area contributed by atoms with E-state index in [4.69, 9.17) is 0 Å². The van der Waals surface area contributed by atoms with Crippen LogP contribution in [0.5, 0.6) is 0 Å². The number of sulfonamides is 1. The summed E-state index contributed by atoms with van der Waals surface area (Å²) in [5, 5.41) is 1.04. The molecule has 3 aromatic rings. The van der Waals surface area contributed by atoms with Crippen LogP contribution in [0.4, 0.5) is 4.39 Å². The molecule has 1 atom stereocenters. The Morgan fingerprint density at radius 1 is 1.21 bits per heavy atom. The molecule has 1 aliphatic rings. The number of aromatic amines is 1. The molecule has 124 valence electrons. The molecule has 0 saturated carbocycles. The van der Waals surface area contributed by atoms with Gasteiger partial charge in [-0.25, -0.2) is 22.5 Å². The van der Waals surface area contributed by atoms with Crippen LogP contribution in [0.15, 0.2) is 47.5 Å². The van der Waals surface area contributed by atoms with Gasteiger partial charge in [0.05, 0.1) is 4.90 Å². The fraction of sp³-hybridized carbons (Fsp3) is 0.235. The molecule has 2 N–H and O–H groups in total. The lowest BCUT2D eigenvalue weighted by Crippen LogP contribution is -2.38. The number of H-pyrrole nitrogens is 1. The lowest BCUT2D eigenvalue weighted by Gasteiger charge is -2.23. The topological polar surface area (TPSA) is 74.8 Å². The van der Waals surface area contributed by atoms with E-state index in [-0.39, 0.29) is 10.9 Å². The van der Waals surface area contributed by atoms with Crippen LogP contribution in [-0.2, 0) is 22.9 Å². The van der Waals surface area contributed by atoms with E-state index >= 15 is 0 Å². The predicted molar refractivity (Wildman–Crippen MR) is 88.6 cm³/mol. The molecule has 2 aromatic heterocycles. The van der Waals surface area contributed by atoms with Crippen molar-refractivity contribution in [2.75, 3.05) is 0 Å². The van der Waals surface area contributed by atoms with Gasteiger partial charge in [-0.15, -0.1) is 0 Å². The Hall–Kier alpha value is -2.25. The number of hydrogen-bond acceptors (Lipinski definition) is 3. The van der Waals surface area contributed by atoms with E-state index in [1.165, 1.54) is 12.1 Å². The number of nitrogens with one attached hydrogen (secondary N) is 2. The van der Waals surface area contributed by atoms with Gasteiger partial charge in [-0.05, 0) is 61.2 Å². The molecule has 7 heteroatoms. The Morgan fingerprint density at radius 3 is 2.79 bits per heavy atom. The smallest absolute Gasteiger partial charge is 0.240 e. The van der Waals surface area contributed by atoms with Crippen molar-refractivity contribution < 1.29 is 12.8 Å². The maximum atomic E-state index is 13.0. The van der Waals surface area contributed by atoms with Crippen molar-refractivity contribution in [3.63, 3.8) is 0 Å². The van der Waals surface area contributed by atoms with Crippen molar-refractivity contribution in [1.82, 2.24) is 14.7 Å². The molecule has 0 saturated heterocycles. The monoisotopic (exact) mass is 345 g/mol. The van der Waals surface area contributed by atoms with E-state index < -0.39 is 15.8 Å². The zero-order chi connectivity index (χ0) is 16.7.